The van der Waals surface area contributed by atoms with Crippen molar-refractivity contribution in [3.63, 3.8) is 0 Å². The molecule has 1 rings (SSSR count). The van der Waals surface area contributed by atoms with Crippen LogP contribution in [-0.4, -0.2) is 34.3 Å². The molecule has 0 fully saturated rings. The minimum Gasteiger partial charge on any atom is -0.565 e. The summed E-state index contributed by atoms with van der Waals surface area (Å²) in [5.41, 5.74) is 0. The van der Waals surface area contributed by atoms with E-state index < -0.39 is 5.97 Å². The van der Waals surface area contributed by atoms with Crippen LogP contribution < -0.4 is 0 Å². The maximum Gasteiger partial charge on any atom is 0.515 e. The maximum atomic E-state index is 11.1. The standard InChI is InChI=1S/C10H13NO4/c12-8-5-6-9(13)11(8)7-3-1-2-4-10(14)15/h5-6H,1-4,7H2,(H,14,15)/p+1. The van der Waals surface area contributed by atoms with Gasteiger partial charge in [0.05, 0.1) is 0 Å². The zero-order valence-corrected chi connectivity index (χ0v) is 8.36. The van der Waals surface area contributed by atoms with E-state index in [-0.39, 0.29) is 18.2 Å². The van der Waals surface area contributed by atoms with Gasteiger partial charge in [-0.1, -0.05) is 6.42 Å². The topological polar surface area (TPSA) is 77.3 Å². The SMILES string of the molecule is O=C([OH2+])CCCCCN1C(=O)C=CC1=O. The van der Waals surface area contributed by atoms with Crippen LogP contribution in [0.25, 0.3) is 0 Å². The van der Waals surface area contributed by atoms with E-state index in [0.717, 1.165) is 6.42 Å². The number of hydrogen-bond donors (Lipinski definition) is 0. The van der Waals surface area contributed by atoms with Crippen LogP contribution >= 0.6 is 0 Å². The third-order valence-corrected chi connectivity index (χ3v) is 2.19. The molecule has 5 nitrogen and oxygen atoms in total. The largest absolute Gasteiger partial charge is 0.565 e. The van der Waals surface area contributed by atoms with Crippen molar-refractivity contribution in [3.8, 4) is 0 Å². The Kier molecular flexibility index (Phi) is 4.03. The molecule has 0 radical (unpaired) electrons. The Balaban J connectivity index is 2.13. The van der Waals surface area contributed by atoms with Crippen LogP contribution in [0, 0.1) is 0 Å². The first-order chi connectivity index (χ1) is 7.11. The summed E-state index contributed by atoms with van der Waals surface area (Å²) in [5, 5.41) is 6.68. The van der Waals surface area contributed by atoms with Gasteiger partial charge in [0.25, 0.3) is 11.8 Å². The highest BCUT2D eigenvalue weighted by atomic mass is 16.4. The summed E-state index contributed by atoms with van der Waals surface area (Å²) in [6, 6.07) is 0. The molecule has 15 heavy (non-hydrogen) atoms. The Morgan fingerprint density at radius 2 is 1.73 bits per heavy atom. The highest BCUT2D eigenvalue weighted by Gasteiger charge is 2.22. The molecule has 82 valence electrons. The second-order valence-corrected chi connectivity index (χ2v) is 3.40. The maximum absolute atomic E-state index is 11.1. The molecule has 0 aliphatic carbocycles. The van der Waals surface area contributed by atoms with Gasteiger partial charge in [0.15, 0.2) is 0 Å². The molecule has 2 amide bonds. The Hall–Kier alpha value is -1.65. The van der Waals surface area contributed by atoms with Gasteiger partial charge in [-0.15, -0.1) is 0 Å². The summed E-state index contributed by atoms with van der Waals surface area (Å²) in [6.45, 7) is 0.400. The Bertz CT molecular complexity index is 291. The fourth-order valence-corrected chi connectivity index (χ4v) is 1.38. The highest BCUT2D eigenvalue weighted by Crippen LogP contribution is 2.07. The van der Waals surface area contributed by atoms with Gasteiger partial charge in [-0.2, -0.15) is 0 Å². The van der Waals surface area contributed by atoms with Crippen LogP contribution in [0.5, 0.6) is 0 Å². The molecular weight excluding hydrogens is 198 g/mol. The predicted molar refractivity (Wildman–Crippen MR) is 52.9 cm³/mol. The number of carbonyl (C=O) groups is 3. The summed E-state index contributed by atoms with van der Waals surface area (Å²) in [7, 11) is 0. The van der Waals surface area contributed by atoms with Gasteiger partial charge in [-0.25, -0.2) is 0 Å². The van der Waals surface area contributed by atoms with Gasteiger partial charge < -0.3 is 5.11 Å². The van der Waals surface area contributed by atoms with E-state index in [1.165, 1.54) is 17.1 Å². The Morgan fingerprint density at radius 3 is 2.27 bits per heavy atom. The molecule has 0 bridgehead atoms. The second kappa shape index (κ2) is 5.29. The number of amides is 2. The van der Waals surface area contributed by atoms with Crippen molar-refractivity contribution in [3.05, 3.63) is 12.2 Å². The third-order valence-electron chi connectivity index (χ3n) is 2.19. The summed E-state index contributed by atoms with van der Waals surface area (Å²) >= 11 is 0. The number of hydrogen-bond acceptors (Lipinski definition) is 3. The predicted octanol–water partition coefficient (Wildman–Crippen LogP) is -0.277. The number of unbranched alkanes of at least 4 members (excludes halogenated alkanes) is 2. The molecule has 0 atom stereocenters. The van der Waals surface area contributed by atoms with E-state index in [1.807, 2.05) is 0 Å². The summed E-state index contributed by atoms with van der Waals surface area (Å²) in [6.07, 6.45) is 4.85. The minimum absolute atomic E-state index is 0.250. The molecule has 5 heteroatoms. The van der Waals surface area contributed by atoms with E-state index in [4.69, 9.17) is 5.11 Å². The van der Waals surface area contributed by atoms with Gasteiger partial charge in [-0.3, -0.25) is 14.5 Å². The van der Waals surface area contributed by atoms with Crippen molar-refractivity contribution < 1.29 is 19.5 Å². The highest BCUT2D eigenvalue weighted by molar-refractivity contribution is 6.12. The molecule has 0 aromatic carbocycles. The van der Waals surface area contributed by atoms with Crippen LogP contribution in [0.4, 0.5) is 0 Å². The molecule has 1 aliphatic heterocycles. The van der Waals surface area contributed by atoms with E-state index in [0.29, 0.717) is 19.4 Å². The first kappa shape index (κ1) is 11.4. The van der Waals surface area contributed by atoms with Crippen LogP contribution in [0.3, 0.4) is 0 Å². The molecule has 0 saturated heterocycles. The van der Waals surface area contributed by atoms with Gasteiger partial charge in [0, 0.05) is 23.5 Å². The average molecular weight is 212 g/mol. The van der Waals surface area contributed by atoms with Gasteiger partial charge >= 0.3 is 5.97 Å². The Morgan fingerprint density at radius 1 is 1.13 bits per heavy atom. The summed E-state index contributed by atoms with van der Waals surface area (Å²) in [4.78, 5) is 33.7. The van der Waals surface area contributed by atoms with Crippen molar-refractivity contribution in [2.45, 2.75) is 25.7 Å². The fourth-order valence-electron chi connectivity index (χ4n) is 1.38. The van der Waals surface area contributed by atoms with Crippen LogP contribution in [0.2, 0.25) is 0 Å². The van der Waals surface area contributed by atoms with Crippen LogP contribution in [0.1, 0.15) is 25.7 Å². The number of nitrogens with zero attached hydrogens (tertiary/aromatic N) is 1. The molecule has 1 heterocycles. The molecule has 0 aromatic rings. The third kappa shape index (κ3) is 3.53. The zero-order valence-electron chi connectivity index (χ0n) is 8.36. The van der Waals surface area contributed by atoms with Crippen molar-refractivity contribution in [1.29, 1.82) is 0 Å². The normalized spacial score (nSPS) is 15.1. The van der Waals surface area contributed by atoms with Crippen LogP contribution in [-0.2, 0) is 14.4 Å². The van der Waals surface area contributed by atoms with E-state index >= 15 is 0 Å². The van der Waals surface area contributed by atoms with Crippen molar-refractivity contribution in [2.24, 2.45) is 0 Å². The zero-order chi connectivity index (χ0) is 11.3. The van der Waals surface area contributed by atoms with Gasteiger partial charge in [0.2, 0.25) is 0 Å². The molecule has 0 aromatic heterocycles. The summed E-state index contributed by atoms with van der Waals surface area (Å²) in [5.74, 6) is -1.10. The lowest BCUT2D eigenvalue weighted by Crippen LogP contribution is -2.30. The first-order valence-electron chi connectivity index (χ1n) is 4.89. The van der Waals surface area contributed by atoms with Gasteiger partial charge in [0.1, 0.15) is 6.42 Å². The number of carbonyl (C=O) groups excluding carboxylic acids is 3. The molecule has 0 spiro atoms. The molecular formula is C10H14NO4+. The van der Waals surface area contributed by atoms with E-state index in [9.17, 15) is 14.4 Å². The summed E-state index contributed by atoms with van der Waals surface area (Å²) < 4.78 is 0. The molecule has 2 N–H and O–H groups in total. The van der Waals surface area contributed by atoms with Crippen molar-refractivity contribution in [2.75, 3.05) is 6.54 Å². The minimum atomic E-state index is -0.565. The van der Waals surface area contributed by atoms with E-state index in [2.05, 4.69) is 0 Å². The number of rotatable bonds is 6. The Labute approximate surface area is 87.4 Å². The van der Waals surface area contributed by atoms with Crippen LogP contribution in [0.15, 0.2) is 12.2 Å². The monoisotopic (exact) mass is 212 g/mol. The quantitative estimate of drug-likeness (QED) is 0.345. The van der Waals surface area contributed by atoms with Crippen molar-refractivity contribution in [1.82, 2.24) is 4.90 Å². The van der Waals surface area contributed by atoms with Gasteiger partial charge in [-0.05, 0) is 12.8 Å². The van der Waals surface area contributed by atoms with Crippen molar-refractivity contribution >= 4 is 17.8 Å². The lowest BCUT2D eigenvalue weighted by molar-refractivity contribution is -0.138. The lowest BCUT2D eigenvalue weighted by Gasteiger charge is -2.12. The smallest absolute Gasteiger partial charge is 0.515 e. The molecule has 1 aliphatic rings. The number of imide groups is 1. The lowest BCUT2D eigenvalue weighted by atomic mass is 10.2. The second-order valence-electron chi connectivity index (χ2n) is 3.40. The average Bonchev–Trinajstić information content (AvgIpc) is 2.47. The fraction of sp³-hybridized carbons (Fsp3) is 0.500. The van der Waals surface area contributed by atoms with E-state index in [1.54, 1.807) is 0 Å². The molecule has 0 unspecified atom stereocenters. The first-order valence-corrected chi connectivity index (χ1v) is 4.89. The molecule has 0 saturated carbocycles.